The second kappa shape index (κ2) is 3.95. The average Bonchev–Trinajstić information content (AvgIpc) is 2.67. The van der Waals surface area contributed by atoms with E-state index in [2.05, 4.69) is 4.98 Å². The van der Waals surface area contributed by atoms with Crippen molar-refractivity contribution in [2.24, 2.45) is 5.92 Å². The Bertz CT molecular complexity index is 332. The Morgan fingerprint density at radius 2 is 2.21 bits per heavy atom. The minimum Gasteiger partial charge on any atom is -0.481 e. The molecule has 1 atom stereocenters. The Labute approximate surface area is 81.3 Å². The molecule has 0 fully saturated rings. The summed E-state index contributed by atoms with van der Waals surface area (Å²) in [5.41, 5.74) is 0. The molecule has 2 N–H and O–H groups in total. The maximum Gasteiger partial charge on any atom is 0.315 e. The van der Waals surface area contributed by atoms with Crippen molar-refractivity contribution in [2.45, 2.75) is 6.92 Å². The van der Waals surface area contributed by atoms with Gasteiger partial charge in [0, 0.05) is 13.2 Å². The lowest BCUT2D eigenvalue weighted by Gasteiger charge is -2.17. The van der Waals surface area contributed by atoms with Gasteiger partial charge in [-0.25, -0.2) is 0 Å². The summed E-state index contributed by atoms with van der Waals surface area (Å²) >= 11 is 0. The lowest BCUT2D eigenvalue weighted by molar-refractivity contribution is -0.145. The van der Waals surface area contributed by atoms with Crippen LogP contribution in [0.25, 0.3) is 0 Å². The van der Waals surface area contributed by atoms with E-state index in [1.807, 2.05) is 0 Å². The van der Waals surface area contributed by atoms with Crippen LogP contribution < -0.4 is 4.90 Å². The highest BCUT2D eigenvalue weighted by molar-refractivity contribution is 6.04. The number of anilines is 1. The summed E-state index contributed by atoms with van der Waals surface area (Å²) in [6.45, 7) is 1.37. The summed E-state index contributed by atoms with van der Waals surface area (Å²) in [6, 6.07) is 3.44. The second-order valence-corrected chi connectivity index (χ2v) is 3.01. The van der Waals surface area contributed by atoms with Crippen molar-refractivity contribution < 1.29 is 14.7 Å². The van der Waals surface area contributed by atoms with Crippen LogP contribution in [0.5, 0.6) is 0 Å². The van der Waals surface area contributed by atoms with Gasteiger partial charge >= 0.3 is 5.97 Å². The van der Waals surface area contributed by atoms with Crippen molar-refractivity contribution >= 4 is 17.7 Å². The maximum absolute atomic E-state index is 11.5. The third-order valence-electron chi connectivity index (χ3n) is 2.01. The first-order chi connectivity index (χ1) is 6.54. The maximum atomic E-state index is 11.5. The standard InChI is InChI=1S/C9H12N2O3/c1-6(9(13)14)8(12)11(2)7-4-3-5-10-7/h3-6,10H,1-2H3,(H,13,14). The van der Waals surface area contributed by atoms with E-state index in [1.54, 1.807) is 18.3 Å². The van der Waals surface area contributed by atoms with Crippen LogP contribution >= 0.6 is 0 Å². The monoisotopic (exact) mass is 196 g/mol. The van der Waals surface area contributed by atoms with E-state index < -0.39 is 17.8 Å². The van der Waals surface area contributed by atoms with E-state index in [0.29, 0.717) is 5.82 Å². The van der Waals surface area contributed by atoms with Crippen LogP contribution in [0.2, 0.25) is 0 Å². The number of carboxylic acids is 1. The number of rotatable bonds is 3. The van der Waals surface area contributed by atoms with Crippen molar-refractivity contribution in [3.8, 4) is 0 Å². The molecule has 76 valence electrons. The highest BCUT2D eigenvalue weighted by atomic mass is 16.4. The van der Waals surface area contributed by atoms with Gasteiger partial charge in [0.05, 0.1) is 0 Å². The molecular formula is C9H12N2O3. The number of carbonyl (C=O) groups is 2. The fourth-order valence-electron chi connectivity index (χ4n) is 1.04. The Balaban J connectivity index is 2.76. The number of carbonyl (C=O) groups excluding carboxylic acids is 1. The van der Waals surface area contributed by atoms with Crippen molar-refractivity contribution in [3.63, 3.8) is 0 Å². The number of aromatic nitrogens is 1. The minimum atomic E-state index is -1.12. The number of nitrogens with zero attached hydrogens (tertiary/aromatic N) is 1. The van der Waals surface area contributed by atoms with Gasteiger partial charge in [0.2, 0.25) is 5.91 Å². The van der Waals surface area contributed by atoms with E-state index in [0.717, 1.165) is 0 Å². The molecule has 0 saturated carbocycles. The van der Waals surface area contributed by atoms with E-state index in [1.165, 1.54) is 18.9 Å². The summed E-state index contributed by atoms with van der Waals surface area (Å²) in [4.78, 5) is 26.2. The highest BCUT2D eigenvalue weighted by Crippen LogP contribution is 2.11. The SMILES string of the molecule is CC(C(=O)O)C(=O)N(C)c1ccc[nH]1. The van der Waals surface area contributed by atoms with E-state index in [-0.39, 0.29) is 0 Å². The average molecular weight is 196 g/mol. The smallest absolute Gasteiger partial charge is 0.315 e. The van der Waals surface area contributed by atoms with Crippen LogP contribution in [-0.2, 0) is 9.59 Å². The van der Waals surface area contributed by atoms with Crippen molar-refractivity contribution in [3.05, 3.63) is 18.3 Å². The van der Waals surface area contributed by atoms with Gasteiger partial charge in [0.15, 0.2) is 0 Å². The first kappa shape index (κ1) is 10.3. The molecule has 0 aliphatic carbocycles. The normalized spacial score (nSPS) is 12.1. The molecule has 0 aliphatic rings. The van der Waals surface area contributed by atoms with Crippen LogP contribution in [0.3, 0.4) is 0 Å². The summed E-state index contributed by atoms with van der Waals surface area (Å²) < 4.78 is 0. The zero-order valence-electron chi connectivity index (χ0n) is 8.02. The molecule has 1 rings (SSSR count). The summed E-state index contributed by atoms with van der Waals surface area (Å²) in [6.07, 6.45) is 1.67. The zero-order valence-corrected chi connectivity index (χ0v) is 8.02. The predicted molar refractivity (Wildman–Crippen MR) is 51.0 cm³/mol. The van der Waals surface area contributed by atoms with Crippen LogP contribution in [0, 0.1) is 5.92 Å². The lowest BCUT2D eigenvalue weighted by atomic mass is 10.1. The second-order valence-electron chi connectivity index (χ2n) is 3.01. The quantitative estimate of drug-likeness (QED) is 0.699. The Morgan fingerprint density at radius 3 is 2.64 bits per heavy atom. The Morgan fingerprint density at radius 1 is 1.57 bits per heavy atom. The van der Waals surface area contributed by atoms with Crippen LogP contribution in [-0.4, -0.2) is 29.0 Å². The third-order valence-corrected chi connectivity index (χ3v) is 2.01. The molecule has 1 amide bonds. The molecule has 0 bridgehead atoms. The van der Waals surface area contributed by atoms with Gasteiger partial charge in [-0.2, -0.15) is 0 Å². The first-order valence-corrected chi connectivity index (χ1v) is 4.17. The van der Waals surface area contributed by atoms with E-state index in [9.17, 15) is 9.59 Å². The summed E-state index contributed by atoms with van der Waals surface area (Å²) in [5.74, 6) is -2.00. The molecule has 0 spiro atoms. The van der Waals surface area contributed by atoms with Gasteiger partial charge in [-0.3, -0.25) is 9.59 Å². The number of H-pyrrole nitrogens is 1. The van der Waals surface area contributed by atoms with Crippen molar-refractivity contribution in [2.75, 3.05) is 11.9 Å². The van der Waals surface area contributed by atoms with Gasteiger partial charge in [-0.15, -0.1) is 0 Å². The molecule has 0 saturated heterocycles. The molecule has 1 heterocycles. The molecule has 0 aromatic carbocycles. The number of aliphatic carboxylic acids is 1. The van der Waals surface area contributed by atoms with Crippen LogP contribution in [0.1, 0.15) is 6.92 Å². The summed E-state index contributed by atoms with van der Waals surface area (Å²) in [7, 11) is 1.54. The van der Waals surface area contributed by atoms with Gasteiger partial charge in [0.1, 0.15) is 11.7 Å². The number of hydrogen-bond donors (Lipinski definition) is 2. The van der Waals surface area contributed by atoms with Crippen LogP contribution in [0.15, 0.2) is 18.3 Å². The Hall–Kier alpha value is -1.78. The number of aromatic amines is 1. The molecule has 1 aromatic heterocycles. The molecule has 5 nitrogen and oxygen atoms in total. The predicted octanol–water partition coefficient (Wildman–Crippen LogP) is 0.698. The largest absolute Gasteiger partial charge is 0.481 e. The third kappa shape index (κ3) is 1.93. The molecule has 0 radical (unpaired) electrons. The van der Waals surface area contributed by atoms with Gasteiger partial charge in [0.25, 0.3) is 0 Å². The number of carboxylic acid groups (broad SMARTS) is 1. The van der Waals surface area contributed by atoms with E-state index >= 15 is 0 Å². The number of amides is 1. The molecule has 1 aromatic rings. The minimum absolute atomic E-state index is 0.444. The van der Waals surface area contributed by atoms with Gasteiger partial charge < -0.3 is 15.0 Å². The number of hydrogen-bond acceptors (Lipinski definition) is 2. The summed E-state index contributed by atoms with van der Waals surface area (Å²) in [5, 5.41) is 8.64. The molecule has 0 aliphatic heterocycles. The van der Waals surface area contributed by atoms with Crippen molar-refractivity contribution in [1.29, 1.82) is 0 Å². The highest BCUT2D eigenvalue weighted by Gasteiger charge is 2.24. The Kier molecular flexibility index (Phi) is 2.91. The molecule has 5 heteroatoms. The fourth-order valence-corrected chi connectivity index (χ4v) is 1.04. The van der Waals surface area contributed by atoms with Crippen LogP contribution in [0.4, 0.5) is 5.82 Å². The van der Waals surface area contributed by atoms with Crippen molar-refractivity contribution in [1.82, 2.24) is 4.98 Å². The molecular weight excluding hydrogens is 184 g/mol. The topological polar surface area (TPSA) is 73.4 Å². The van der Waals surface area contributed by atoms with Gasteiger partial charge in [-0.1, -0.05) is 0 Å². The van der Waals surface area contributed by atoms with E-state index in [4.69, 9.17) is 5.11 Å². The number of nitrogens with one attached hydrogen (secondary N) is 1. The zero-order chi connectivity index (χ0) is 10.7. The van der Waals surface area contributed by atoms with Gasteiger partial charge in [-0.05, 0) is 19.1 Å². The first-order valence-electron chi connectivity index (χ1n) is 4.17. The lowest BCUT2D eigenvalue weighted by Crippen LogP contribution is -2.35. The molecule has 14 heavy (non-hydrogen) atoms. The fraction of sp³-hybridized carbons (Fsp3) is 0.333. The molecule has 1 unspecified atom stereocenters.